The summed E-state index contributed by atoms with van der Waals surface area (Å²) in [5, 5.41) is 3.46. The number of hydrogen-bond donors (Lipinski definition) is 1. The monoisotopic (exact) mass is 679 g/mol. The van der Waals surface area contributed by atoms with Crippen molar-refractivity contribution in [2.24, 2.45) is 5.92 Å². The largest absolute Gasteiger partial charge is 0.494 e. The Morgan fingerprint density at radius 1 is 0.872 bits per heavy atom. The SMILES string of the molecule is CCOc1ccc(S(=O)(=O)N(CC(=O)N(Cc2ccc(Cl)cc2)[C@@H](Cc2ccccc2)C(=O)NCC(C)C)c2ccc(F)cc2)cc1. The molecule has 0 heterocycles. The predicted octanol–water partition coefficient (Wildman–Crippen LogP) is 6.49. The number of sulfonamides is 1. The number of nitrogens with zero attached hydrogens (tertiary/aromatic N) is 2. The molecule has 1 atom stereocenters. The highest BCUT2D eigenvalue weighted by atomic mass is 35.5. The van der Waals surface area contributed by atoms with Crippen molar-refractivity contribution in [2.45, 2.75) is 44.7 Å². The molecule has 2 amide bonds. The van der Waals surface area contributed by atoms with Crippen molar-refractivity contribution in [3.8, 4) is 5.75 Å². The summed E-state index contributed by atoms with van der Waals surface area (Å²) in [6, 6.07) is 25.9. The van der Waals surface area contributed by atoms with E-state index in [-0.39, 0.29) is 35.4 Å². The first-order valence-corrected chi connectivity index (χ1v) is 17.2. The normalized spacial score (nSPS) is 12.0. The Kier molecular flexibility index (Phi) is 12.4. The highest BCUT2D eigenvalue weighted by Gasteiger charge is 2.34. The smallest absolute Gasteiger partial charge is 0.264 e. The van der Waals surface area contributed by atoms with Crippen molar-refractivity contribution in [2.75, 3.05) is 24.0 Å². The molecule has 0 spiro atoms. The number of anilines is 1. The minimum atomic E-state index is -4.34. The van der Waals surface area contributed by atoms with Gasteiger partial charge < -0.3 is 15.0 Å². The summed E-state index contributed by atoms with van der Waals surface area (Å²) in [6.07, 6.45) is 0.187. The zero-order chi connectivity index (χ0) is 34.0. The van der Waals surface area contributed by atoms with Gasteiger partial charge in [-0.3, -0.25) is 13.9 Å². The maximum Gasteiger partial charge on any atom is 0.264 e. The van der Waals surface area contributed by atoms with Crippen LogP contribution in [0.4, 0.5) is 10.1 Å². The average molecular weight is 680 g/mol. The van der Waals surface area contributed by atoms with Gasteiger partial charge in [0.2, 0.25) is 11.8 Å². The number of halogens is 2. The summed E-state index contributed by atoms with van der Waals surface area (Å²) in [7, 11) is -4.34. The quantitative estimate of drug-likeness (QED) is 0.155. The number of carbonyl (C=O) groups excluding carboxylic acids is 2. The molecule has 47 heavy (non-hydrogen) atoms. The summed E-state index contributed by atoms with van der Waals surface area (Å²) >= 11 is 6.13. The van der Waals surface area contributed by atoms with Crippen molar-refractivity contribution in [1.82, 2.24) is 10.2 Å². The van der Waals surface area contributed by atoms with E-state index in [0.717, 1.165) is 22.0 Å². The van der Waals surface area contributed by atoms with Crippen LogP contribution in [0.25, 0.3) is 0 Å². The van der Waals surface area contributed by atoms with Crippen molar-refractivity contribution in [3.63, 3.8) is 0 Å². The molecule has 248 valence electrons. The van der Waals surface area contributed by atoms with Gasteiger partial charge in [0.15, 0.2) is 0 Å². The molecule has 11 heteroatoms. The molecule has 0 aliphatic rings. The lowest BCUT2D eigenvalue weighted by Gasteiger charge is -2.34. The van der Waals surface area contributed by atoms with Crippen LogP contribution in [0.2, 0.25) is 5.02 Å². The zero-order valence-electron chi connectivity index (χ0n) is 26.6. The number of carbonyl (C=O) groups is 2. The van der Waals surface area contributed by atoms with Gasteiger partial charge in [-0.15, -0.1) is 0 Å². The number of ether oxygens (including phenoxy) is 1. The Hall–Kier alpha value is -4.41. The van der Waals surface area contributed by atoms with Gasteiger partial charge in [0.05, 0.1) is 17.2 Å². The number of rotatable bonds is 15. The first-order chi connectivity index (χ1) is 22.5. The summed E-state index contributed by atoms with van der Waals surface area (Å²) in [5.41, 5.74) is 1.60. The predicted molar refractivity (Wildman–Crippen MR) is 182 cm³/mol. The van der Waals surface area contributed by atoms with Crippen molar-refractivity contribution in [1.29, 1.82) is 0 Å². The third-order valence-corrected chi connectivity index (χ3v) is 9.38. The van der Waals surface area contributed by atoms with Crippen molar-refractivity contribution in [3.05, 3.63) is 125 Å². The van der Waals surface area contributed by atoms with Gasteiger partial charge in [-0.2, -0.15) is 0 Å². The molecule has 0 aliphatic carbocycles. The minimum absolute atomic E-state index is 0.00294. The minimum Gasteiger partial charge on any atom is -0.494 e. The van der Waals surface area contributed by atoms with E-state index in [4.69, 9.17) is 16.3 Å². The third-order valence-electron chi connectivity index (χ3n) is 7.34. The molecule has 4 rings (SSSR count). The molecular weight excluding hydrogens is 641 g/mol. The van der Waals surface area contributed by atoms with Crippen LogP contribution in [0.5, 0.6) is 5.75 Å². The van der Waals surface area contributed by atoms with Gasteiger partial charge in [0.25, 0.3) is 10.0 Å². The molecule has 0 unspecified atom stereocenters. The lowest BCUT2D eigenvalue weighted by Crippen LogP contribution is -2.53. The van der Waals surface area contributed by atoms with Crippen LogP contribution in [-0.4, -0.2) is 50.9 Å². The fourth-order valence-corrected chi connectivity index (χ4v) is 6.44. The highest BCUT2D eigenvalue weighted by molar-refractivity contribution is 7.92. The lowest BCUT2D eigenvalue weighted by molar-refractivity contribution is -0.140. The molecule has 0 aromatic heterocycles. The Labute approximate surface area is 281 Å². The maximum atomic E-state index is 14.5. The molecule has 0 radical (unpaired) electrons. The van der Waals surface area contributed by atoms with Gasteiger partial charge >= 0.3 is 0 Å². The second-order valence-electron chi connectivity index (χ2n) is 11.4. The van der Waals surface area contributed by atoms with Crippen LogP contribution in [-0.2, 0) is 32.6 Å². The summed E-state index contributed by atoms with van der Waals surface area (Å²) in [4.78, 5) is 29.6. The standard InChI is InChI=1S/C36H39ClFN3O5S/c1-4-46-32-18-20-33(21-19-32)47(44,45)41(31-16-14-30(38)15-17-31)25-35(42)40(24-28-10-12-29(37)13-11-28)34(36(43)39-23-26(2)3)22-27-8-6-5-7-9-27/h5-21,26,34H,4,22-25H2,1-3H3,(H,39,43)/t34-/m0/s1. The van der Waals surface area contributed by atoms with E-state index in [0.29, 0.717) is 29.5 Å². The van der Waals surface area contributed by atoms with E-state index in [2.05, 4.69) is 5.32 Å². The fourth-order valence-electron chi connectivity index (χ4n) is 4.90. The van der Waals surface area contributed by atoms with Crippen LogP contribution < -0.4 is 14.4 Å². The Morgan fingerprint density at radius 2 is 1.51 bits per heavy atom. The van der Waals surface area contributed by atoms with Crippen LogP contribution in [0.1, 0.15) is 31.9 Å². The van der Waals surface area contributed by atoms with Crippen LogP contribution in [0.15, 0.2) is 108 Å². The number of nitrogens with one attached hydrogen (secondary N) is 1. The number of amides is 2. The summed E-state index contributed by atoms with van der Waals surface area (Å²) in [5.74, 6) is -0.911. The van der Waals surface area contributed by atoms with E-state index < -0.39 is 34.3 Å². The van der Waals surface area contributed by atoms with Crippen molar-refractivity contribution >= 4 is 39.1 Å². The number of hydrogen-bond acceptors (Lipinski definition) is 5. The van der Waals surface area contributed by atoms with E-state index in [9.17, 15) is 22.4 Å². The van der Waals surface area contributed by atoms with Gasteiger partial charge in [-0.05, 0) is 84.6 Å². The average Bonchev–Trinajstić information content (AvgIpc) is 3.06. The first-order valence-electron chi connectivity index (χ1n) is 15.3. The molecule has 8 nitrogen and oxygen atoms in total. The topological polar surface area (TPSA) is 96.0 Å². The summed E-state index contributed by atoms with van der Waals surface area (Å²) < 4.78 is 48.6. The molecule has 0 fully saturated rings. The Balaban J connectivity index is 1.78. The third kappa shape index (κ3) is 9.79. The van der Waals surface area contributed by atoms with E-state index in [1.807, 2.05) is 51.1 Å². The molecule has 0 bridgehead atoms. The van der Waals surface area contributed by atoms with E-state index in [1.165, 1.54) is 41.3 Å². The molecule has 0 aliphatic heterocycles. The number of benzene rings is 4. The van der Waals surface area contributed by atoms with E-state index in [1.54, 1.807) is 24.3 Å². The Bertz CT molecular complexity index is 1720. The Morgan fingerprint density at radius 3 is 2.11 bits per heavy atom. The van der Waals surface area contributed by atoms with Gasteiger partial charge in [0, 0.05) is 24.5 Å². The first kappa shape index (κ1) is 35.4. The molecule has 0 saturated heterocycles. The van der Waals surface area contributed by atoms with Gasteiger partial charge in [-0.25, -0.2) is 12.8 Å². The molecule has 4 aromatic carbocycles. The molecular formula is C36H39ClFN3O5S. The van der Waals surface area contributed by atoms with Gasteiger partial charge in [-0.1, -0.05) is 67.9 Å². The zero-order valence-corrected chi connectivity index (χ0v) is 28.2. The molecule has 0 saturated carbocycles. The highest BCUT2D eigenvalue weighted by Crippen LogP contribution is 2.27. The van der Waals surface area contributed by atoms with Gasteiger partial charge in [0.1, 0.15) is 24.2 Å². The second-order valence-corrected chi connectivity index (χ2v) is 13.7. The van der Waals surface area contributed by atoms with Crippen LogP contribution >= 0.6 is 11.6 Å². The summed E-state index contributed by atoms with van der Waals surface area (Å²) in [6.45, 7) is 5.89. The van der Waals surface area contributed by atoms with Crippen molar-refractivity contribution < 1.29 is 27.1 Å². The second kappa shape index (κ2) is 16.4. The lowest BCUT2D eigenvalue weighted by atomic mass is 10.0. The van der Waals surface area contributed by atoms with Crippen LogP contribution in [0, 0.1) is 11.7 Å². The van der Waals surface area contributed by atoms with Crippen LogP contribution in [0.3, 0.4) is 0 Å². The van der Waals surface area contributed by atoms with E-state index >= 15 is 0 Å². The maximum absolute atomic E-state index is 14.5. The molecule has 4 aromatic rings. The fraction of sp³-hybridized carbons (Fsp3) is 0.278. The molecule has 1 N–H and O–H groups in total.